The van der Waals surface area contributed by atoms with Crippen LogP contribution in [0.5, 0.6) is 0 Å². The summed E-state index contributed by atoms with van der Waals surface area (Å²) >= 11 is 0. The summed E-state index contributed by atoms with van der Waals surface area (Å²) in [6.07, 6.45) is 14.5. The first-order chi connectivity index (χ1) is 46.8. The Balaban J connectivity index is 1.75. The van der Waals surface area contributed by atoms with Crippen molar-refractivity contribution in [3.05, 3.63) is 24.3 Å². The molecule has 0 bridgehead atoms. The Hall–Kier alpha value is -2.56. The SMILES string of the molecule is CCCCCCCCCCCCC/C=C/C=C/C(=O)OCC1OC(OC2C(O)C(O)C(O)C(OC3OC(CO)C(O)C(O)C3O)C2OP(=O)(O)OCC(COC(=O)CCCCCCCCCCCCCC)OC(=O)CCCCCCCCCCCCCCCCC)C(O)C(O)C1O. The number of aliphatic hydroxyl groups excluding tert-OH is 10. The van der Waals surface area contributed by atoms with Crippen LogP contribution >= 0.6 is 7.82 Å². The highest BCUT2D eigenvalue weighted by molar-refractivity contribution is 7.47. The van der Waals surface area contributed by atoms with Gasteiger partial charge >= 0.3 is 25.7 Å². The van der Waals surface area contributed by atoms with Gasteiger partial charge in [0.25, 0.3) is 0 Å². The molecule has 2 heterocycles. The Morgan fingerprint density at radius 3 is 1.22 bits per heavy atom. The number of allylic oxidation sites excluding steroid dienone is 3. The monoisotopic (exact) mass is 1410 g/mol. The number of phosphoric ester groups is 1. The topological polar surface area (TPSA) is 374 Å². The van der Waals surface area contributed by atoms with Gasteiger partial charge in [0, 0.05) is 18.9 Å². The lowest BCUT2D eigenvalue weighted by molar-refractivity contribution is -0.360. The molecule has 11 N–H and O–H groups in total. The van der Waals surface area contributed by atoms with Crippen molar-refractivity contribution in [2.24, 2.45) is 0 Å². The summed E-state index contributed by atoms with van der Waals surface area (Å²) in [4.78, 5) is 50.8. The molecule has 24 nitrogen and oxygen atoms in total. The number of esters is 3. The van der Waals surface area contributed by atoms with Crippen LogP contribution in [0.3, 0.4) is 0 Å². The smallest absolute Gasteiger partial charge is 0.462 e. The molecule has 18 atom stereocenters. The first-order valence-corrected chi connectivity index (χ1v) is 39.2. The van der Waals surface area contributed by atoms with E-state index in [0.29, 0.717) is 12.8 Å². The molecule has 0 aromatic rings. The lowest BCUT2D eigenvalue weighted by atomic mass is 9.84. The zero-order valence-corrected chi connectivity index (χ0v) is 60.0. The predicted octanol–water partition coefficient (Wildman–Crippen LogP) is 10.1. The van der Waals surface area contributed by atoms with Gasteiger partial charge in [0.2, 0.25) is 0 Å². The van der Waals surface area contributed by atoms with Crippen molar-refractivity contribution in [1.82, 2.24) is 0 Å². The zero-order valence-electron chi connectivity index (χ0n) is 59.1. The van der Waals surface area contributed by atoms with E-state index in [1.165, 1.54) is 154 Å². The van der Waals surface area contributed by atoms with E-state index in [1.54, 1.807) is 6.08 Å². The molecule has 25 heteroatoms. The third-order valence-electron chi connectivity index (χ3n) is 18.6. The number of rotatable bonds is 58. The van der Waals surface area contributed by atoms with Crippen molar-refractivity contribution in [2.45, 2.75) is 388 Å². The molecule has 2 aliphatic heterocycles. The van der Waals surface area contributed by atoms with Crippen molar-refractivity contribution in [3.8, 4) is 0 Å². The largest absolute Gasteiger partial charge is 0.472 e. The lowest BCUT2D eigenvalue weighted by Gasteiger charge is -2.49. The molecule has 0 amide bonds. The molecule has 1 saturated carbocycles. The van der Waals surface area contributed by atoms with E-state index in [2.05, 4.69) is 20.8 Å². The molecule has 0 spiro atoms. The predicted molar refractivity (Wildman–Crippen MR) is 365 cm³/mol. The van der Waals surface area contributed by atoms with Crippen molar-refractivity contribution in [2.75, 3.05) is 26.4 Å². The molecule has 3 fully saturated rings. The van der Waals surface area contributed by atoms with Crippen LogP contribution in [-0.2, 0) is 61.2 Å². The number of unbranched alkanes of at least 4 members (excludes halogenated alkanes) is 36. The summed E-state index contributed by atoms with van der Waals surface area (Å²) < 4.78 is 64.8. The first kappa shape index (κ1) is 88.7. The van der Waals surface area contributed by atoms with Crippen LogP contribution in [0.1, 0.15) is 284 Å². The normalized spacial score (nSPS) is 27.9. The second kappa shape index (κ2) is 54.1. The van der Waals surface area contributed by atoms with Gasteiger partial charge < -0.3 is 89.1 Å². The summed E-state index contributed by atoms with van der Waals surface area (Å²) in [5, 5.41) is 110. The van der Waals surface area contributed by atoms with Gasteiger partial charge in [0.15, 0.2) is 18.7 Å². The second-order valence-corrected chi connectivity index (χ2v) is 28.5. The van der Waals surface area contributed by atoms with Crippen LogP contribution in [0.15, 0.2) is 24.3 Å². The molecule has 0 aromatic carbocycles. The fourth-order valence-corrected chi connectivity index (χ4v) is 13.4. The third kappa shape index (κ3) is 37.4. The molecule has 568 valence electrons. The Labute approximate surface area is 579 Å². The molecule has 1 aliphatic carbocycles. The van der Waals surface area contributed by atoms with E-state index < -0.39 is 156 Å². The minimum absolute atomic E-state index is 0.0384. The van der Waals surface area contributed by atoms with Gasteiger partial charge in [-0.2, -0.15) is 0 Å². The molecule has 0 aromatic heterocycles. The average molecular weight is 1410 g/mol. The highest BCUT2D eigenvalue weighted by Gasteiger charge is 2.58. The maximum atomic E-state index is 14.3. The fraction of sp³-hybridized carbons (Fsp3) is 0.903. The van der Waals surface area contributed by atoms with Crippen molar-refractivity contribution >= 4 is 25.7 Å². The van der Waals surface area contributed by atoms with Crippen molar-refractivity contribution in [1.29, 1.82) is 0 Å². The van der Waals surface area contributed by atoms with Gasteiger partial charge in [-0.1, -0.05) is 264 Å². The number of hydrogen-bond donors (Lipinski definition) is 11. The molecule has 2 saturated heterocycles. The number of hydrogen-bond acceptors (Lipinski definition) is 23. The van der Waals surface area contributed by atoms with Crippen molar-refractivity contribution in [3.63, 3.8) is 0 Å². The van der Waals surface area contributed by atoms with Gasteiger partial charge in [-0.15, -0.1) is 0 Å². The van der Waals surface area contributed by atoms with E-state index >= 15 is 0 Å². The fourth-order valence-electron chi connectivity index (χ4n) is 12.4. The van der Waals surface area contributed by atoms with Gasteiger partial charge in [-0.05, 0) is 25.7 Å². The molecule has 97 heavy (non-hydrogen) atoms. The summed E-state index contributed by atoms with van der Waals surface area (Å²) in [6, 6.07) is 0. The minimum Gasteiger partial charge on any atom is -0.462 e. The van der Waals surface area contributed by atoms with E-state index in [4.69, 9.17) is 42.2 Å². The average Bonchev–Trinajstić information content (AvgIpc) is 0.778. The van der Waals surface area contributed by atoms with E-state index in [-0.39, 0.29) is 12.8 Å². The van der Waals surface area contributed by atoms with Gasteiger partial charge in [-0.25, -0.2) is 9.36 Å². The third-order valence-corrected chi connectivity index (χ3v) is 19.6. The number of ether oxygens (including phenoxy) is 7. The quantitative estimate of drug-likeness (QED) is 0.00673. The second-order valence-electron chi connectivity index (χ2n) is 27.1. The standard InChI is InChI=1S/C72H131O24P/c1-4-7-10-13-16-19-22-25-27-29-32-35-38-41-44-47-57(75)89-52-55-60(78)62(80)67(85)72(93-55)95-69-65(83)63(81)64(82)68(94-71-66(84)61(79)59(77)54(49-73)92-71)70(69)96-97(86,87)90-51-53(50-88-56(74)46-43-40-37-34-31-24-21-18-15-12-9-6-3)91-58(76)48-45-42-39-36-33-30-28-26-23-20-17-14-11-8-5-2/h38,41,44,47,53-55,59-73,77-85H,4-37,39-40,42-43,45-46,48-52H2,1-3H3,(H,86,87)/b41-38+,47-44+. The number of carbonyl (C=O) groups excluding carboxylic acids is 3. The Bertz CT molecular complexity index is 2110. The summed E-state index contributed by atoms with van der Waals surface area (Å²) in [5.74, 6) is -2.22. The highest BCUT2D eigenvalue weighted by atomic mass is 31.2. The maximum Gasteiger partial charge on any atom is 0.472 e. The number of aliphatic hydroxyl groups is 10. The Morgan fingerprint density at radius 2 is 0.794 bits per heavy atom. The van der Waals surface area contributed by atoms with Crippen LogP contribution in [0.2, 0.25) is 0 Å². The molecule has 3 aliphatic rings. The molecular formula is C72H131O24P. The number of carbonyl (C=O) groups is 3. The minimum atomic E-state index is -5.70. The van der Waals surface area contributed by atoms with Crippen molar-refractivity contribution < 1.29 is 117 Å². The molecular weight excluding hydrogens is 1280 g/mol. The Morgan fingerprint density at radius 1 is 0.423 bits per heavy atom. The Kier molecular flexibility index (Phi) is 49.5. The van der Waals surface area contributed by atoms with Crippen LogP contribution in [0.4, 0.5) is 0 Å². The van der Waals surface area contributed by atoms with Crippen LogP contribution in [0, 0.1) is 0 Å². The summed E-state index contributed by atoms with van der Waals surface area (Å²) in [7, 11) is -5.70. The van der Waals surface area contributed by atoms with E-state index in [9.17, 15) is 74.9 Å². The zero-order chi connectivity index (χ0) is 71.1. The maximum absolute atomic E-state index is 14.3. The van der Waals surface area contributed by atoms with Gasteiger partial charge in [-0.3, -0.25) is 18.6 Å². The molecule has 0 radical (unpaired) electrons. The number of phosphoric acid groups is 1. The van der Waals surface area contributed by atoms with Crippen LogP contribution in [-0.4, -0.2) is 204 Å². The van der Waals surface area contributed by atoms with E-state index in [1.807, 2.05) is 6.08 Å². The summed E-state index contributed by atoms with van der Waals surface area (Å²) in [6.45, 7) is 3.36. The first-order valence-electron chi connectivity index (χ1n) is 37.7. The van der Waals surface area contributed by atoms with Gasteiger partial charge in [0.1, 0.15) is 98.7 Å². The highest BCUT2D eigenvalue weighted by Crippen LogP contribution is 2.49. The van der Waals surface area contributed by atoms with Gasteiger partial charge in [0.05, 0.1) is 13.2 Å². The van der Waals surface area contributed by atoms with E-state index in [0.717, 1.165) is 96.0 Å². The van der Waals surface area contributed by atoms with Crippen LogP contribution < -0.4 is 0 Å². The lowest BCUT2D eigenvalue weighted by Crippen LogP contribution is -2.69. The molecule has 3 rings (SSSR count). The van der Waals surface area contributed by atoms with Crippen LogP contribution in [0.25, 0.3) is 0 Å². The molecule has 18 unspecified atom stereocenters. The summed E-state index contributed by atoms with van der Waals surface area (Å²) in [5.41, 5.74) is 0.